The Bertz CT molecular complexity index is 645. The molecule has 0 saturated carbocycles. The van der Waals surface area contributed by atoms with Crippen molar-refractivity contribution in [2.24, 2.45) is 5.73 Å². The number of halogens is 2. The summed E-state index contributed by atoms with van der Waals surface area (Å²) in [6.07, 6.45) is 0. The van der Waals surface area contributed by atoms with Gasteiger partial charge >= 0.3 is 0 Å². The van der Waals surface area contributed by atoms with Crippen LogP contribution in [-0.2, 0) is 0 Å². The number of hydrogen-bond acceptors (Lipinski definition) is 2. The smallest absolute Gasteiger partial charge is 0.168 e. The highest BCUT2D eigenvalue weighted by Gasteiger charge is 2.12. The largest absolute Gasteiger partial charge is 0.453 e. The van der Waals surface area contributed by atoms with Gasteiger partial charge in [0.15, 0.2) is 11.6 Å². The van der Waals surface area contributed by atoms with E-state index in [1.165, 1.54) is 6.07 Å². The summed E-state index contributed by atoms with van der Waals surface area (Å²) in [5, 5.41) is 0.461. The van der Waals surface area contributed by atoms with Crippen LogP contribution in [0.1, 0.15) is 11.1 Å². The third-order valence-corrected chi connectivity index (χ3v) is 3.04. The second-order valence-electron chi connectivity index (χ2n) is 3.99. The van der Waals surface area contributed by atoms with Crippen LogP contribution in [0.5, 0.6) is 11.5 Å². The van der Waals surface area contributed by atoms with E-state index in [-0.39, 0.29) is 10.7 Å². The number of benzene rings is 2. The maximum absolute atomic E-state index is 13.9. The van der Waals surface area contributed by atoms with Crippen LogP contribution in [0, 0.1) is 12.7 Å². The Hall–Kier alpha value is -1.65. The van der Waals surface area contributed by atoms with E-state index >= 15 is 0 Å². The summed E-state index contributed by atoms with van der Waals surface area (Å²) in [6.45, 7) is 1.66. The van der Waals surface area contributed by atoms with Gasteiger partial charge in [-0.2, -0.15) is 0 Å². The Balaban J connectivity index is 2.45. The van der Waals surface area contributed by atoms with E-state index in [1.807, 2.05) is 0 Å². The fourth-order valence-electron chi connectivity index (χ4n) is 1.60. The first-order chi connectivity index (χ1) is 8.99. The lowest BCUT2D eigenvalue weighted by molar-refractivity contribution is 0.439. The monoisotopic (exact) mass is 295 g/mol. The number of nitrogens with two attached hydrogens (primary N) is 1. The average Bonchev–Trinajstić information content (AvgIpc) is 2.35. The molecule has 0 saturated heterocycles. The molecule has 98 valence electrons. The van der Waals surface area contributed by atoms with Crippen molar-refractivity contribution in [3.8, 4) is 11.5 Å². The third kappa shape index (κ3) is 3.03. The van der Waals surface area contributed by atoms with E-state index in [2.05, 4.69) is 0 Å². The van der Waals surface area contributed by atoms with Gasteiger partial charge in [0.25, 0.3) is 0 Å². The fraction of sp³-hybridized carbons (Fsp3) is 0.0714. The Kier molecular flexibility index (Phi) is 4.02. The zero-order valence-corrected chi connectivity index (χ0v) is 11.7. The van der Waals surface area contributed by atoms with Crippen molar-refractivity contribution in [1.29, 1.82) is 0 Å². The van der Waals surface area contributed by atoms with Crippen LogP contribution in [0.4, 0.5) is 4.39 Å². The Morgan fingerprint density at radius 1 is 1.26 bits per heavy atom. The lowest BCUT2D eigenvalue weighted by atomic mass is 10.2. The molecule has 0 aliphatic rings. The molecule has 0 aliphatic heterocycles. The minimum atomic E-state index is -0.420. The summed E-state index contributed by atoms with van der Waals surface area (Å²) in [7, 11) is 0. The Labute approximate surface area is 120 Å². The molecule has 0 atom stereocenters. The normalized spacial score (nSPS) is 10.3. The first kappa shape index (κ1) is 13.8. The highest BCUT2D eigenvalue weighted by molar-refractivity contribution is 7.80. The van der Waals surface area contributed by atoms with E-state index in [4.69, 9.17) is 34.3 Å². The molecule has 0 aromatic heterocycles. The van der Waals surface area contributed by atoms with Crippen LogP contribution in [-0.4, -0.2) is 4.99 Å². The van der Waals surface area contributed by atoms with Crippen molar-refractivity contribution in [1.82, 2.24) is 0 Å². The van der Waals surface area contributed by atoms with Gasteiger partial charge in [0, 0.05) is 11.1 Å². The maximum Gasteiger partial charge on any atom is 0.168 e. The van der Waals surface area contributed by atoms with Crippen molar-refractivity contribution >= 4 is 28.8 Å². The SMILES string of the molecule is Cc1cccc(Oc2cc(Cl)ccc2C(N)=S)c1F. The molecule has 5 heteroatoms. The molecule has 2 aromatic rings. The van der Waals surface area contributed by atoms with Crippen LogP contribution in [0.2, 0.25) is 5.02 Å². The fourth-order valence-corrected chi connectivity index (χ4v) is 1.93. The van der Waals surface area contributed by atoms with Crippen LogP contribution < -0.4 is 10.5 Å². The molecule has 0 radical (unpaired) electrons. The second kappa shape index (κ2) is 5.55. The van der Waals surface area contributed by atoms with Gasteiger partial charge in [-0.15, -0.1) is 0 Å². The van der Waals surface area contributed by atoms with Crippen molar-refractivity contribution in [3.05, 3.63) is 58.4 Å². The molecule has 0 heterocycles. The highest BCUT2D eigenvalue weighted by Crippen LogP contribution is 2.30. The van der Waals surface area contributed by atoms with Gasteiger partial charge in [0.05, 0.1) is 5.56 Å². The van der Waals surface area contributed by atoms with Crippen molar-refractivity contribution < 1.29 is 9.13 Å². The van der Waals surface area contributed by atoms with Gasteiger partial charge in [-0.25, -0.2) is 4.39 Å². The summed E-state index contributed by atoms with van der Waals surface area (Å²) < 4.78 is 19.4. The van der Waals surface area contributed by atoms with Crippen molar-refractivity contribution in [2.45, 2.75) is 6.92 Å². The summed E-state index contributed by atoms with van der Waals surface area (Å²) in [6, 6.07) is 9.75. The zero-order chi connectivity index (χ0) is 14.0. The Morgan fingerprint density at radius 2 is 2.00 bits per heavy atom. The topological polar surface area (TPSA) is 35.2 Å². The van der Waals surface area contributed by atoms with Crippen LogP contribution in [0.15, 0.2) is 36.4 Å². The summed E-state index contributed by atoms with van der Waals surface area (Å²) in [4.78, 5) is 0.166. The summed E-state index contributed by atoms with van der Waals surface area (Å²) >= 11 is 10.8. The lowest BCUT2D eigenvalue weighted by Crippen LogP contribution is -2.10. The number of rotatable bonds is 3. The molecule has 0 amide bonds. The predicted octanol–water partition coefficient (Wildman–Crippen LogP) is 4.21. The van der Waals surface area contributed by atoms with Crippen LogP contribution >= 0.6 is 23.8 Å². The van der Waals surface area contributed by atoms with E-state index in [9.17, 15) is 4.39 Å². The van der Waals surface area contributed by atoms with E-state index < -0.39 is 5.82 Å². The Morgan fingerprint density at radius 3 is 2.68 bits per heavy atom. The minimum Gasteiger partial charge on any atom is -0.453 e. The highest BCUT2D eigenvalue weighted by atomic mass is 35.5. The molecule has 0 fully saturated rings. The number of ether oxygens (including phenoxy) is 1. The van der Waals surface area contributed by atoms with E-state index in [0.717, 1.165) is 0 Å². The average molecular weight is 296 g/mol. The number of hydrogen-bond donors (Lipinski definition) is 1. The molecule has 2 N–H and O–H groups in total. The lowest BCUT2D eigenvalue weighted by Gasteiger charge is -2.12. The van der Waals surface area contributed by atoms with E-state index in [0.29, 0.717) is 21.9 Å². The molecule has 2 rings (SSSR count). The minimum absolute atomic E-state index is 0.111. The van der Waals surface area contributed by atoms with Gasteiger partial charge in [-0.05, 0) is 30.7 Å². The van der Waals surface area contributed by atoms with Gasteiger partial charge in [-0.1, -0.05) is 36.0 Å². The van der Waals surface area contributed by atoms with Gasteiger partial charge < -0.3 is 10.5 Å². The molecule has 0 unspecified atom stereocenters. The molecule has 0 bridgehead atoms. The second-order valence-corrected chi connectivity index (χ2v) is 4.87. The summed E-state index contributed by atoms with van der Waals surface area (Å²) in [5.74, 6) is 0.0284. The molecular formula is C14H11ClFNOS. The van der Waals surface area contributed by atoms with Crippen LogP contribution in [0.25, 0.3) is 0 Å². The van der Waals surface area contributed by atoms with Crippen molar-refractivity contribution in [3.63, 3.8) is 0 Å². The van der Waals surface area contributed by atoms with Gasteiger partial charge in [0.2, 0.25) is 0 Å². The number of thiocarbonyl (C=S) groups is 1. The summed E-state index contributed by atoms with van der Waals surface area (Å²) in [5.41, 5.74) is 6.61. The molecular weight excluding hydrogens is 285 g/mol. The predicted molar refractivity (Wildman–Crippen MR) is 78.6 cm³/mol. The maximum atomic E-state index is 13.9. The molecule has 2 aromatic carbocycles. The third-order valence-electron chi connectivity index (χ3n) is 2.59. The van der Waals surface area contributed by atoms with E-state index in [1.54, 1.807) is 37.3 Å². The van der Waals surface area contributed by atoms with Crippen LogP contribution in [0.3, 0.4) is 0 Å². The molecule has 0 aliphatic carbocycles. The standard InChI is InChI=1S/C14H11ClFNOS/c1-8-3-2-4-11(13(8)16)18-12-7-9(15)5-6-10(12)14(17)19/h2-7H,1H3,(H2,17,19). The number of aryl methyl sites for hydroxylation is 1. The van der Waals surface area contributed by atoms with Gasteiger partial charge in [0.1, 0.15) is 10.7 Å². The van der Waals surface area contributed by atoms with Crippen molar-refractivity contribution in [2.75, 3.05) is 0 Å². The molecule has 19 heavy (non-hydrogen) atoms. The molecule has 0 spiro atoms. The molecule has 2 nitrogen and oxygen atoms in total. The zero-order valence-electron chi connectivity index (χ0n) is 10.1. The first-order valence-corrected chi connectivity index (χ1v) is 6.30. The first-order valence-electron chi connectivity index (χ1n) is 5.51. The van der Waals surface area contributed by atoms with Gasteiger partial charge in [-0.3, -0.25) is 0 Å². The quantitative estimate of drug-likeness (QED) is 0.861.